The van der Waals surface area contributed by atoms with Gasteiger partial charge in [-0.15, -0.1) is 0 Å². The van der Waals surface area contributed by atoms with Crippen molar-refractivity contribution in [3.8, 4) is 0 Å². The fourth-order valence-electron chi connectivity index (χ4n) is 3.21. The van der Waals surface area contributed by atoms with Crippen molar-refractivity contribution in [2.75, 3.05) is 0 Å². The minimum atomic E-state index is 0.755. The van der Waals surface area contributed by atoms with Gasteiger partial charge in [0.05, 0.1) is 0 Å². The third-order valence-electron chi connectivity index (χ3n) is 4.13. The van der Waals surface area contributed by atoms with Crippen LogP contribution < -0.4 is 0 Å². The van der Waals surface area contributed by atoms with E-state index >= 15 is 0 Å². The van der Waals surface area contributed by atoms with Crippen LogP contribution in [0.15, 0.2) is 0 Å². The zero-order valence-electron chi connectivity index (χ0n) is 9.73. The van der Waals surface area contributed by atoms with Crippen molar-refractivity contribution in [2.24, 2.45) is 11.3 Å². The molecule has 0 aromatic rings. The van der Waals surface area contributed by atoms with Crippen molar-refractivity contribution in [2.45, 2.75) is 72.1 Å². The molecule has 0 aromatic carbocycles. The molecule has 0 nitrogen and oxygen atoms in total. The van der Waals surface area contributed by atoms with Gasteiger partial charge in [-0.05, 0) is 30.6 Å². The molecule has 0 amide bonds. The van der Waals surface area contributed by atoms with Crippen molar-refractivity contribution >= 4 is 0 Å². The molecule has 1 aliphatic carbocycles. The first-order valence-corrected chi connectivity index (χ1v) is 6.25. The second-order valence-electron chi connectivity index (χ2n) is 5.01. The predicted molar refractivity (Wildman–Crippen MR) is 59.9 cm³/mol. The Morgan fingerprint density at radius 1 is 1.15 bits per heavy atom. The molecule has 0 heterocycles. The normalized spacial score (nSPS) is 33.9. The minimum absolute atomic E-state index is 0.755. The second-order valence-corrected chi connectivity index (χ2v) is 5.01. The van der Waals surface area contributed by atoms with Gasteiger partial charge in [0.25, 0.3) is 0 Å². The Morgan fingerprint density at radius 2 is 1.92 bits per heavy atom. The van der Waals surface area contributed by atoms with E-state index in [0.717, 1.165) is 11.3 Å². The molecule has 78 valence electrons. The van der Waals surface area contributed by atoms with Gasteiger partial charge in [-0.1, -0.05) is 52.9 Å². The molecule has 0 aromatic heterocycles. The Bertz CT molecular complexity index is 139. The summed E-state index contributed by atoms with van der Waals surface area (Å²) in [5.74, 6) is 0.999. The molecule has 1 saturated carbocycles. The van der Waals surface area contributed by atoms with Gasteiger partial charge in [0.1, 0.15) is 0 Å². The fourth-order valence-corrected chi connectivity index (χ4v) is 3.21. The minimum Gasteiger partial charge on any atom is -0.0654 e. The van der Waals surface area contributed by atoms with Crippen LogP contribution in [-0.2, 0) is 0 Å². The van der Waals surface area contributed by atoms with Gasteiger partial charge in [0.2, 0.25) is 0 Å². The lowest BCUT2D eigenvalue weighted by Crippen LogP contribution is -2.23. The van der Waals surface area contributed by atoms with Crippen molar-refractivity contribution in [1.82, 2.24) is 0 Å². The van der Waals surface area contributed by atoms with Gasteiger partial charge in [-0.2, -0.15) is 0 Å². The van der Waals surface area contributed by atoms with E-state index in [9.17, 15) is 0 Å². The maximum atomic E-state index is 2.48. The van der Waals surface area contributed by atoms with Crippen LogP contribution in [-0.4, -0.2) is 0 Å². The maximum Gasteiger partial charge on any atom is -0.0272 e. The molecule has 0 spiro atoms. The Hall–Kier alpha value is 0. The summed E-state index contributed by atoms with van der Waals surface area (Å²) in [6.45, 7) is 7.15. The van der Waals surface area contributed by atoms with E-state index in [2.05, 4.69) is 20.8 Å². The molecule has 0 aliphatic heterocycles. The summed E-state index contributed by atoms with van der Waals surface area (Å²) in [4.78, 5) is 0. The summed E-state index contributed by atoms with van der Waals surface area (Å²) < 4.78 is 0. The number of hydrogen-bond donors (Lipinski definition) is 0. The first-order chi connectivity index (χ1) is 6.25. The van der Waals surface area contributed by atoms with Crippen molar-refractivity contribution < 1.29 is 0 Å². The molecule has 2 atom stereocenters. The van der Waals surface area contributed by atoms with Crippen LogP contribution in [0.2, 0.25) is 0 Å². The third-order valence-corrected chi connectivity index (χ3v) is 4.13. The van der Waals surface area contributed by atoms with Crippen molar-refractivity contribution in [3.05, 3.63) is 0 Å². The van der Waals surface area contributed by atoms with Crippen LogP contribution >= 0.6 is 0 Å². The number of rotatable bonds is 5. The van der Waals surface area contributed by atoms with Crippen LogP contribution in [0.25, 0.3) is 0 Å². The molecule has 1 fully saturated rings. The lowest BCUT2D eigenvalue weighted by atomic mass is 9.72. The molecular formula is C13H26. The number of unbranched alkanes of at least 4 members (excludes halogenated alkanes) is 1. The topological polar surface area (TPSA) is 0 Å². The van der Waals surface area contributed by atoms with Gasteiger partial charge < -0.3 is 0 Å². The largest absolute Gasteiger partial charge is 0.0654 e. The first-order valence-electron chi connectivity index (χ1n) is 6.25. The molecular weight excluding hydrogens is 156 g/mol. The first kappa shape index (κ1) is 11.1. The summed E-state index contributed by atoms with van der Waals surface area (Å²) in [6.07, 6.45) is 11.7. The zero-order valence-corrected chi connectivity index (χ0v) is 9.73. The SMILES string of the molecule is CCCCC1(CCC)CCC[C@H]1C. The lowest BCUT2D eigenvalue weighted by molar-refractivity contribution is 0.170. The summed E-state index contributed by atoms with van der Waals surface area (Å²) >= 11 is 0. The lowest BCUT2D eigenvalue weighted by Gasteiger charge is -2.34. The van der Waals surface area contributed by atoms with Crippen LogP contribution in [0.5, 0.6) is 0 Å². The average Bonchev–Trinajstić information content (AvgIpc) is 2.46. The molecule has 0 heteroatoms. The summed E-state index contributed by atoms with van der Waals surface area (Å²) in [5, 5.41) is 0. The quantitative estimate of drug-likeness (QED) is 0.574. The Morgan fingerprint density at radius 3 is 2.38 bits per heavy atom. The van der Waals surface area contributed by atoms with E-state index in [-0.39, 0.29) is 0 Å². The third kappa shape index (κ3) is 2.48. The molecule has 13 heavy (non-hydrogen) atoms. The van der Waals surface area contributed by atoms with Crippen LogP contribution in [0.4, 0.5) is 0 Å². The van der Waals surface area contributed by atoms with E-state index in [1.165, 1.54) is 51.4 Å². The fraction of sp³-hybridized carbons (Fsp3) is 1.00. The van der Waals surface area contributed by atoms with Gasteiger partial charge in [-0.25, -0.2) is 0 Å². The Labute approximate surface area is 84.1 Å². The summed E-state index contributed by atoms with van der Waals surface area (Å²) in [6, 6.07) is 0. The van der Waals surface area contributed by atoms with E-state index in [0.29, 0.717) is 0 Å². The van der Waals surface area contributed by atoms with Crippen LogP contribution in [0, 0.1) is 11.3 Å². The Kier molecular flexibility index (Phi) is 4.28. The molecule has 1 unspecified atom stereocenters. The smallest absolute Gasteiger partial charge is 0.0272 e. The molecule has 0 radical (unpaired) electrons. The predicted octanol–water partition coefficient (Wildman–Crippen LogP) is 4.78. The highest BCUT2D eigenvalue weighted by atomic mass is 14.4. The maximum absolute atomic E-state index is 2.48. The van der Waals surface area contributed by atoms with Gasteiger partial charge in [-0.3, -0.25) is 0 Å². The standard InChI is InChI=1S/C13H26/c1-4-6-10-13(9-5-2)11-7-8-12(13)3/h12H,4-11H2,1-3H3/t12-,13?/m1/s1. The zero-order chi connectivity index (χ0) is 9.73. The Balaban J connectivity index is 2.51. The molecule has 0 saturated heterocycles. The van der Waals surface area contributed by atoms with Crippen LogP contribution in [0.1, 0.15) is 72.1 Å². The van der Waals surface area contributed by atoms with Crippen LogP contribution in [0.3, 0.4) is 0 Å². The average molecular weight is 182 g/mol. The molecule has 0 bridgehead atoms. The van der Waals surface area contributed by atoms with Gasteiger partial charge >= 0.3 is 0 Å². The second kappa shape index (κ2) is 5.02. The van der Waals surface area contributed by atoms with E-state index in [4.69, 9.17) is 0 Å². The molecule has 0 N–H and O–H groups in total. The summed E-state index contributed by atoms with van der Waals surface area (Å²) in [7, 11) is 0. The monoisotopic (exact) mass is 182 g/mol. The van der Waals surface area contributed by atoms with Crippen molar-refractivity contribution in [3.63, 3.8) is 0 Å². The van der Waals surface area contributed by atoms with Crippen molar-refractivity contribution in [1.29, 1.82) is 0 Å². The van der Waals surface area contributed by atoms with E-state index in [1.54, 1.807) is 0 Å². The molecule has 1 rings (SSSR count). The van der Waals surface area contributed by atoms with E-state index in [1.807, 2.05) is 0 Å². The molecule has 1 aliphatic rings. The van der Waals surface area contributed by atoms with Gasteiger partial charge in [0.15, 0.2) is 0 Å². The summed E-state index contributed by atoms with van der Waals surface area (Å²) in [5.41, 5.74) is 0.755. The highest BCUT2D eigenvalue weighted by Gasteiger charge is 2.38. The number of hydrogen-bond acceptors (Lipinski definition) is 0. The highest BCUT2D eigenvalue weighted by molar-refractivity contribution is 4.89. The highest BCUT2D eigenvalue weighted by Crippen LogP contribution is 2.49. The van der Waals surface area contributed by atoms with E-state index < -0.39 is 0 Å². The van der Waals surface area contributed by atoms with Gasteiger partial charge in [0, 0.05) is 0 Å².